The molecule has 6 rings (SSSR count). The number of nitriles is 1. The van der Waals surface area contributed by atoms with Crippen LogP contribution in [0.25, 0.3) is 22.3 Å². The summed E-state index contributed by atoms with van der Waals surface area (Å²) in [6.45, 7) is 11.5. The summed E-state index contributed by atoms with van der Waals surface area (Å²) in [6.07, 6.45) is 18.7. The largest absolute Gasteiger partial charge is 0.444 e. The number of piperidine rings is 1. The number of amides is 1. The molecular formula is C35H47N9O2. The maximum absolute atomic E-state index is 12.7. The average molecular weight is 626 g/mol. The molecule has 6 heterocycles. The number of pyridine rings is 1. The molecule has 3 fully saturated rings. The van der Waals surface area contributed by atoms with Crippen LogP contribution in [0.1, 0.15) is 90.7 Å². The molecular weight excluding hydrogens is 578 g/mol. The van der Waals surface area contributed by atoms with Crippen molar-refractivity contribution in [3.05, 3.63) is 48.2 Å². The molecule has 46 heavy (non-hydrogen) atoms. The molecule has 3 aliphatic rings. The van der Waals surface area contributed by atoms with Crippen LogP contribution in [0.5, 0.6) is 0 Å². The van der Waals surface area contributed by atoms with Crippen molar-refractivity contribution in [1.82, 2.24) is 29.8 Å². The van der Waals surface area contributed by atoms with Gasteiger partial charge >= 0.3 is 6.09 Å². The minimum absolute atomic E-state index is 0.0963. The first kappa shape index (κ1) is 32.9. The second-order valence-electron chi connectivity index (χ2n) is 13.3. The van der Waals surface area contributed by atoms with E-state index in [1.54, 1.807) is 30.2 Å². The van der Waals surface area contributed by atoms with Crippen molar-refractivity contribution in [3.8, 4) is 17.3 Å². The molecule has 3 saturated heterocycles. The number of allylic oxidation sites excluding steroid dienone is 1. The molecule has 3 aromatic rings. The number of hydrogen-bond acceptors (Lipinski definition) is 9. The van der Waals surface area contributed by atoms with Crippen LogP contribution in [0.15, 0.2) is 42.0 Å². The first-order valence-corrected chi connectivity index (χ1v) is 16.5. The summed E-state index contributed by atoms with van der Waals surface area (Å²) in [5, 5.41) is 18.0. The zero-order chi connectivity index (χ0) is 32.8. The minimum Gasteiger partial charge on any atom is -0.444 e. The number of piperazine rings is 1. The number of carbonyl (C=O) groups excluding carboxylic acids is 1. The van der Waals surface area contributed by atoms with E-state index in [-0.39, 0.29) is 18.2 Å². The zero-order valence-corrected chi connectivity index (χ0v) is 28.0. The van der Waals surface area contributed by atoms with Gasteiger partial charge in [0.15, 0.2) is 0 Å². The van der Waals surface area contributed by atoms with E-state index in [0.29, 0.717) is 35.9 Å². The Labute approximate surface area is 272 Å². The highest BCUT2D eigenvalue weighted by molar-refractivity contribution is 6.10. The van der Waals surface area contributed by atoms with Gasteiger partial charge in [-0.05, 0) is 46.1 Å². The topological polar surface area (TPSA) is 124 Å². The second-order valence-corrected chi connectivity index (χ2v) is 13.3. The Morgan fingerprint density at radius 2 is 1.93 bits per heavy atom. The molecule has 0 aliphatic carbocycles. The highest BCUT2D eigenvalue weighted by Gasteiger charge is 2.49. The monoisotopic (exact) mass is 625 g/mol. The van der Waals surface area contributed by atoms with Crippen LogP contribution in [-0.4, -0.2) is 80.7 Å². The summed E-state index contributed by atoms with van der Waals surface area (Å²) in [6, 6.07) is 4.90. The molecule has 3 atom stereocenters. The Hall–Kier alpha value is -4.46. The van der Waals surface area contributed by atoms with Crippen LogP contribution in [-0.2, 0) is 4.74 Å². The molecule has 244 valence electrons. The van der Waals surface area contributed by atoms with E-state index in [4.69, 9.17) is 14.7 Å². The van der Waals surface area contributed by atoms with E-state index in [9.17, 15) is 10.1 Å². The second kappa shape index (κ2) is 14.3. The molecule has 1 N–H and O–H groups in total. The van der Waals surface area contributed by atoms with Crippen LogP contribution in [0.4, 0.5) is 10.6 Å². The molecule has 3 unspecified atom stereocenters. The van der Waals surface area contributed by atoms with Crippen molar-refractivity contribution in [2.24, 2.45) is 4.99 Å². The first-order chi connectivity index (χ1) is 22.1. The lowest BCUT2D eigenvalue weighted by molar-refractivity contribution is -0.0380. The summed E-state index contributed by atoms with van der Waals surface area (Å²) >= 11 is 0. The maximum atomic E-state index is 12.7. The number of anilines is 1. The lowest BCUT2D eigenvalue weighted by atomic mass is 9.88. The number of nitrogens with one attached hydrogen (secondary N) is 1. The van der Waals surface area contributed by atoms with E-state index in [1.165, 1.54) is 19.3 Å². The number of nitrogens with zero attached hydrogens (tertiary/aromatic N) is 8. The van der Waals surface area contributed by atoms with Gasteiger partial charge in [-0.15, -0.1) is 0 Å². The fourth-order valence-electron chi connectivity index (χ4n) is 6.43. The van der Waals surface area contributed by atoms with Crippen molar-refractivity contribution in [1.29, 1.82) is 5.26 Å². The number of hydrogen-bond donors (Lipinski definition) is 1. The van der Waals surface area contributed by atoms with Crippen molar-refractivity contribution < 1.29 is 9.53 Å². The molecule has 0 saturated carbocycles. The van der Waals surface area contributed by atoms with E-state index in [2.05, 4.69) is 46.4 Å². The van der Waals surface area contributed by atoms with Gasteiger partial charge in [-0.2, -0.15) is 10.4 Å². The Bertz CT molecular complexity index is 1600. The molecule has 2 bridgehead atoms. The van der Waals surface area contributed by atoms with Gasteiger partial charge in [0.1, 0.15) is 17.5 Å². The van der Waals surface area contributed by atoms with Crippen LogP contribution in [0, 0.1) is 11.3 Å². The number of fused-ring (bicyclic) bond motifs is 3. The van der Waals surface area contributed by atoms with E-state index >= 15 is 0 Å². The van der Waals surface area contributed by atoms with E-state index in [0.717, 1.165) is 48.2 Å². The number of carbonyl (C=O) groups is 1. The summed E-state index contributed by atoms with van der Waals surface area (Å²) in [5.74, 6) is 0.761. The molecule has 0 radical (unpaired) electrons. The SMILES string of the molecule is CCCCCC(CCC)NC=C(C=NC)c1cc(-c2cnc(N3CC4CC(C3)N4C(=O)OC(C)(C)C)cn2)c2c(C#N)cnn2c1. The fraction of sp³-hybridized carbons (Fsp3) is 0.543. The van der Waals surface area contributed by atoms with Gasteiger partial charge in [0.25, 0.3) is 0 Å². The molecule has 0 aromatic carbocycles. The van der Waals surface area contributed by atoms with Gasteiger partial charge in [-0.1, -0.05) is 39.5 Å². The molecule has 11 heteroatoms. The highest BCUT2D eigenvalue weighted by atomic mass is 16.6. The molecule has 1 amide bonds. The smallest absolute Gasteiger partial charge is 0.410 e. The first-order valence-electron chi connectivity index (χ1n) is 16.5. The fourth-order valence-corrected chi connectivity index (χ4v) is 6.43. The lowest BCUT2D eigenvalue weighted by Gasteiger charge is -2.55. The van der Waals surface area contributed by atoms with Gasteiger partial charge < -0.3 is 15.0 Å². The minimum atomic E-state index is -0.520. The lowest BCUT2D eigenvalue weighted by Crippen LogP contribution is -2.70. The molecule has 0 spiro atoms. The third-order valence-electron chi connectivity index (χ3n) is 8.64. The summed E-state index contributed by atoms with van der Waals surface area (Å²) < 4.78 is 7.36. The summed E-state index contributed by atoms with van der Waals surface area (Å²) in [4.78, 5) is 30.7. The Morgan fingerprint density at radius 3 is 2.57 bits per heavy atom. The third-order valence-corrected chi connectivity index (χ3v) is 8.64. The van der Waals surface area contributed by atoms with Gasteiger partial charge in [0.2, 0.25) is 0 Å². The quantitative estimate of drug-likeness (QED) is 0.185. The number of aromatic nitrogens is 4. The summed E-state index contributed by atoms with van der Waals surface area (Å²) in [5.41, 5.74) is 3.88. The van der Waals surface area contributed by atoms with Gasteiger partial charge in [-0.25, -0.2) is 14.3 Å². The van der Waals surface area contributed by atoms with Crippen molar-refractivity contribution >= 4 is 29.2 Å². The normalized spacial score (nSPS) is 18.8. The Kier molecular flexibility index (Phi) is 10.2. The molecule has 3 aromatic heterocycles. The maximum Gasteiger partial charge on any atom is 0.410 e. The number of ether oxygens (including phenoxy) is 1. The average Bonchev–Trinajstić information content (AvgIpc) is 3.45. The standard InChI is InChI=1S/C35H47N9O2/c1-7-9-10-12-27(11-8-2)38-17-26(16-37-6)24-13-30(33-25(15-36)18-41-43(33)21-24)31-19-40-32(20-39-31)42-22-28-14-29(23-42)44(28)34(45)46-35(3,4)5/h13,16-21,27-29,38H,7-12,14,22-23H2,1-6H3. The van der Waals surface area contributed by atoms with Crippen LogP contribution >= 0.6 is 0 Å². The third kappa shape index (κ3) is 7.33. The van der Waals surface area contributed by atoms with Crippen molar-refractivity contribution in [2.45, 2.75) is 103 Å². The Morgan fingerprint density at radius 1 is 1.15 bits per heavy atom. The van der Waals surface area contributed by atoms with Crippen molar-refractivity contribution in [3.63, 3.8) is 0 Å². The van der Waals surface area contributed by atoms with Crippen LogP contribution in [0.3, 0.4) is 0 Å². The van der Waals surface area contributed by atoms with E-state index < -0.39 is 5.60 Å². The highest BCUT2D eigenvalue weighted by Crippen LogP contribution is 2.36. The predicted octanol–water partition coefficient (Wildman–Crippen LogP) is 6.24. The van der Waals surface area contributed by atoms with Crippen LogP contribution < -0.4 is 10.2 Å². The van der Waals surface area contributed by atoms with Gasteiger partial charge in [0.05, 0.1) is 47.4 Å². The van der Waals surface area contributed by atoms with Gasteiger partial charge in [0, 0.05) is 61.5 Å². The molecule has 11 nitrogen and oxygen atoms in total. The number of aliphatic imine (C=N–C) groups is 1. The van der Waals surface area contributed by atoms with Crippen LogP contribution in [0.2, 0.25) is 0 Å². The number of rotatable bonds is 12. The Balaban J connectivity index is 1.40. The zero-order valence-electron chi connectivity index (χ0n) is 28.0. The molecule has 3 aliphatic heterocycles. The van der Waals surface area contributed by atoms with E-state index in [1.807, 2.05) is 44.1 Å². The summed E-state index contributed by atoms with van der Waals surface area (Å²) in [7, 11) is 1.77. The van der Waals surface area contributed by atoms with Crippen molar-refractivity contribution in [2.75, 3.05) is 25.0 Å². The predicted molar refractivity (Wildman–Crippen MR) is 182 cm³/mol. The van der Waals surface area contributed by atoms with Gasteiger partial charge in [-0.3, -0.25) is 14.9 Å². The number of unbranched alkanes of at least 4 members (excludes halogenated alkanes) is 2.